The normalized spacial score (nSPS) is 33.6. The second-order valence-corrected chi connectivity index (χ2v) is 4.78. The van der Waals surface area contributed by atoms with Crippen LogP contribution in [0.1, 0.15) is 25.7 Å². The number of nitrogens with one attached hydrogen (secondary N) is 2. The van der Waals surface area contributed by atoms with Gasteiger partial charge < -0.3 is 20.1 Å². The Kier molecular flexibility index (Phi) is 4.76. The summed E-state index contributed by atoms with van der Waals surface area (Å²) in [6.45, 7) is 2.35. The average Bonchev–Trinajstić information content (AvgIpc) is 2.77. The van der Waals surface area contributed by atoms with E-state index >= 15 is 0 Å². The van der Waals surface area contributed by atoms with Gasteiger partial charge in [0.1, 0.15) is 0 Å². The van der Waals surface area contributed by atoms with Gasteiger partial charge in [0.15, 0.2) is 0 Å². The first-order chi connectivity index (χ1) is 8.29. The maximum atomic E-state index is 11.9. The summed E-state index contributed by atoms with van der Waals surface area (Å²) in [5, 5.41) is 6.28. The van der Waals surface area contributed by atoms with Crippen molar-refractivity contribution in [3.8, 4) is 0 Å². The van der Waals surface area contributed by atoms with Crippen molar-refractivity contribution in [1.29, 1.82) is 0 Å². The molecule has 1 aliphatic heterocycles. The largest absolute Gasteiger partial charge is 0.379 e. The molecule has 1 aliphatic carbocycles. The molecule has 98 valence electrons. The van der Waals surface area contributed by atoms with Crippen LogP contribution in [0.25, 0.3) is 0 Å². The summed E-state index contributed by atoms with van der Waals surface area (Å²) in [4.78, 5) is 11.9. The topological polar surface area (TPSA) is 59.6 Å². The Morgan fingerprint density at radius 1 is 1.53 bits per heavy atom. The number of carbonyl (C=O) groups is 1. The summed E-state index contributed by atoms with van der Waals surface area (Å²) >= 11 is 0. The first-order valence-electron chi connectivity index (χ1n) is 6.44. The zero-order valence-corrected chi connectivity index (χ0v) is 10.4. The zero-order valence-electron chi connectivity index (χ0n) is 10.4. The van der Waals surface area contributed by atoms with Crippen molar-refractivity contribution in [2.24, 2.45) is 0 Å². The summed E-state index contributed by atoms with van der Waals surface area (Å²) in [6, 6.07) is 0.184. The van der Waals surface area contributed by atoms with Gasteiger partial charge in [-0.15, -0.1) is 0 Å². The molecule has 0 aromatic heterocycles. The quantitative estimate of drug-likeness (QED) is 0.731. The third kappa shape index (κ3) is 3.66. The number of hydrogen-bond acceptors (Lipinski definition) is 4. The van der Waals surface area contributed by atoms with Gasteiger partial charge in [0, 0.05) is 20.2 Å². The number of carbonyl (C=O) groups excluding carboxylic acids is 1. The van der Waals surface area contributed by atoms with Gasteiger partial charge in [-0.05, 0) is 19.3 Å². The fraction of sp³-hybridized carbons (Fsp3) is 0.917. The molecule has 0 aromatic carbocycles. The van der Waals surface area contributed by atoms with Gasteiger partial charge in [-0.2, -0.15) is 0 Å². The molecule has 2 fully saturated rings. The summed E-state index contributed by atoms with van der Waals surface area (Å²) in [6.07, 6.45) is 3.84. The van der Waals surface area contributed by atoms with Crippen molar-refractivity contribution in [3.05, 3.63) is 0 Å². The minimum absolute atomic E-state index is 0.0196. The Hall–Kier alpha value is -0.650. The molecule has 2 rings (SSSR count). The molecule has 5 heteroatoms. The molecule has 3 unspecified atom stereocenters. The van der Waals surface area contributed by atoms with Gasteiger partial charge in [-0.3, -0.25) is 4.79 Å². The minimum atomic E-state index is 0.0196. The van der Waals surface area contributed by atoms with Crippen LogP contribution in [-0.4, -0.2) is 51.0 Å². The Morgan fingerprint density at radius 3 is 3.12 bits per heavy atom. The molecule has 3 atom stereocenters. The molecule has 17 heavy (non-hydrogen) atoms. The lowest BCUT2D eigenvalue weighted by atomic mass is 10.1. The van der Waals surface area contributed by atoms with Crippen molar-refractivity contribution < 1.29 is 14.3 Å². The van der Waals surface area contributed by atoms with E-state index in [1.54, 1.807) is 7.11 Å². The summed E-state index contributed by atoms with van der Waals surface area (Å²) in [5.74, 6) is 0.0765. The van der Waals surface area contributed by atoms with Crippen LogP contribution in [-0.2, 0) is 14.3 Å². The van der Waals surface area contributed by atoms with Gasteiger partial charge in [0.25, 0.3) is 0 Å². The van der Waals surface area contributed by atoms with Gasteiger partial charge in [0.05, 0.1) is 31.3 Å². The van der Waals surface area contributed by atoms with Gasteiger partial charge >= 0.3 is 0 Å². The molecule has 5 nitrogen and oxygen atoms in total. The van der Waals surface area contributed by atoms with Crippen LogP contribution in [0.15, 0.2) is 0 Å². The molecular weight excluding hydrogens is 220 g/mol. The van der Waals surface area contributed by atoms with Crippen LogP contribution in [0, 0.1) is 0 Å². The third-order valence-corrected chi connectivity index (χ3v) is 3.52. The molecule has 1 heterocycles. The summed E-state index contributed by atoms with van der Waals surface area (Å²) in [5.41, 5.74) is 0. The van der Waals surface area contributed by atoms with Gasteiger partial charge in [0.2, 0.25) is 5.91 Å². The van der Waals surface area contributed by atoms with Gasteiger partial charge in [-0.25, -0.2) is 0 Å². The van der Waals surface area contributed by atoms with E-state index in [1.807, 2.05) is 0 Å². The Labute approximate surface area is 102 Å². The number of rotatable bonds is 4. The first kappa shape index (κ1) is 12.8. The van der Waals surface area contributed by atoms with Crippen molar-refractivity contribution in [2.75, 3.05) is 26.8 Å². The molecule has 0 bridgehead atoms. The van der Waals surface area contributed by atoms with Gasteiger partial charge in [-0.1, -0.05) is 0 Å². The summed E-state index contributed by atoms with van der Waals surface area (Å²) < 4.78 is 10.9. The van der Waals surface area contributed by atoms with Crippen molar-refractivity contribution in [2.45, 2.75) is 43.9 Å². The average molecular weight is 242 g/mol. The Balaban J connectivity index is 1.72. The molecule has 0 radical (unpaired) electrons. The van der Waals surface area contributed by atoms with Crippen molar-refractivity contribution in [3.63, 3.8) is 0 Å². The second-order valence-electron chi connectivity index (χ2n) is 4.78. The van der Waals surface area contributed by atoms with Crippen LogP contribution in [0.2, 0.25) is 0 Å². The number of morpholine rings is 1. The van der Waals surface area contributed by atoms with Crippen molar-refractivity contribution >= 4 is 5.91 Å². The first-order valence-corrected chi connectivity index (χ1v) is 6.44. The zero-order chi connectivity index (χ0) is 12.1. The van der Waals surface area contributed by atoms with E-state index in [9.17, 15) is 4.79 Å². The SMILES string of the molecule is COC1CCCC1NC(=O)CC1CNCCO1. The van der Waals surface area contributed by atoms with E-state index in [1.165, 1.54) is 0 Å². The predicted octanol–water partition coefficient (Wildman–Crippen LogP) is 0.0486. The number of amides is 1. The van der Waals surface area contributed by atoms with E-state index in [4.69, 9.17) is 9.47 Å². The lowest BCUT2D eigenvalue weighted by Gasteiger charge is -2.25. The molecule has 2 N–H and O–H groups in total. The number of hydrogen-bond donors (Lipinski definition) is 2. The molecule has 1 saturated heterocycles. The van der Waals surface area contributed by atoms with Crippen LogP contribution in [0.3, 0.4) is 0 Å². The Bertz CT molecular complexity index is 254. The van der Waals surface area contributed by atoms with E-state index in [0.29, 0.717) is 13.0 Å². The maximum Gasteiger partial charge on any atom is 0.222 e. The van der Waals surface area contributed by atoms with Crippen LogP contribution in [0.5, 0.6) is 0 Å². The molecule has 1 saturated carbocycles. The lowest BCUT2D eigenvalue weighted by molar-refractivity contribution is -0.126. The van der Waals surface area contributed by atoms with E-state index < -0.39 is 0 Å². The molecule has 0 spiro atoms. The smallest absolute Gasteiger partial charge is 0.222 e. The van der Waals surface area contributed by atoms with Crippen molar-refractivity contribution in [1.82, 2.24) is 10.6 Å². The number of methoxy groups -OCH3 is 1. The molecule has 1 amide bonds. The monoisotopic (exact) mass is 242 g/mol. The predicted molar refractivity (Wildman–Crippen MR) is 63.8 cm³/mol. The maximum absolute atomic E-state index is 11.9. The van der Waals surface area contributed by atoms with E-state index in [2.05, 4.69) is 10.6 Å². The molecular formula is C12H22N2O3. The van der Waals surface area contributed by atoms with Crippen LogP contribution >= 0.6 is 0 Å². The van der Waals surface area contributed by atoms with Crippen LogP contribution in [0.4, 0.5) is 0 Å². The highest BCUT2D eigenvalue weighted by Gasteiger charge is 2.29. The molecule has 0 aromatic rings. The van der Waals surface area contributed by atoms with E-state index in [-0.39, 0.29) is 24.2 Å². The number of ether oxygens (including phenoxy) is 2. The fourth-order valence-corrected chi connectivity index (χ4v) is 2.60. The minimum Gasteiger partial charge on any atom is -0.379 e. The third-order valence-electron chi connectivity index (χ3n) is 3.52. The highest BCUT2D eigenvalue weighted by Crippen LogP contribution is 2.21. The second kappa shape index (κ2) is 6.33. The van der Waals surface area contributed by atoms with E-state index in [0.717, 1.165) is 32.4 Å². The summed E-state index contributed by atoms with van der Waals surface area (Å²) in [7, 11) is 1.71. The standard InChI is InChI=1S/C12H22N2O3/c1-16-11-4-2-3-10(11)14-12(15)7-9-8-13-5-6-17-9/h9-11,13H,2-8H2,1H3,(H,14,15). The highest BCUT2D eigenvalue weighted by molar-refractivity contribution is 5.76. The fourth-order valence-electron chi connectivity index (χ4n) is 2.60. The highest BCUT2D eigenvalue weighted by atomic mass is 16.5. The lowest BCUT2D eigenvalue weighted by Crippen LogP contribution is -2.45. The van der Waals surface area contributed by atoms with Crippen LogP contribution < -0.4 is 10.6 Å². The molecule has 2 aliphatic rings. The Morgan fingerprint density at radius 2 is 2.41 bits per heavy atom.